The van der Waals surface area contributed by atoms with E-state index in [9.17, 15) is 4.79 Å². The quantitative estimate of drug-likeness (QED) is 0.793. The fourth-order valence-electron chi connectivity index (χ4n) is 2.21. The molecule has 1 atom stereocenters. The number of aryl methyl sites for hydroxylation is 2. The van der Waals surface area contributed by atoms with E-state index in [0.717, 1.165) is 12.8 Å². The molecule has 0 aromatic heterocycles. The molecule has 0 bridgehead atoms. The molecule has 0 saturated heterocycles. The smallest absolute Gasteiger partial charge is 0.220 e. The molecule has 0 aliphatic rings. The Morgan fingerprint density at radius 2 is 2.11 bits per heavy atom. The van der Waals surface area contributed by atoms with Gasteiger partial charge in [0.25, 0.3) is 0 Å². The summed E-state index contributed by atoms with van der Waals surface area (Å²) in [5, 5.41) is 3.02. The second-order valence-corrected chi connectivity index (χ2v) is 5.62. The van der Waals surface area contributed by atoms with E-state index in [1.54, 1.807) is 0 Å². The van der Waals surface area contributed by atoms with Crippen LogP contribution < -0.4 is 11.1 Å². The molecular formula is C16H26N2O. The lowest BCUT2D eigenvalue weighted by Gasteiger charge is -2.18. The van der Waals surface area contributed by atoms with Gasteiger partial charge in [0.1, 0.15) is 0 Å². The minimum absolute atomic E-state index is 0.0950. The maximum atomic E-state index is 11.9. The van der Waals surface area contributed by atoms with Gasteiger partial charge in [-0.2, -0.15) is 0 Å². The number of carbonyl (C=O) groups is 1. The van der Waals surface area contributed by atoms with Crippen LogP contribution in [0.5, 0.6) is 0 Å². The van der Waals surface area contributed by atoms with Crippen LogP contribution in [-0.2, 0) is 11.2 Å². The summed E-state index contributed by atoms with van der Waals surface area (Å²) in [6.07, 6.45) is 2.25. The van der Waals surface area contributed by atoms with Crippen LogP contribution in [0.3, 0.4) is 0 Å². The van der Waals surface area contributed by atoms with Crippen molar-refractivity contribution in [3.8, 4) is 0 Å². The van der Waals surface area contributed by atoms with E-state index in [0.29, 0.717) is 18.9 Å². The zero-order valence-corrected chi connectivity index (χ0v) is 12.3. The Hall–Kier alpha value is -1.35. The maximum absolute atomic E-state index is 11.9. The Morgan fingerprint density at radius 3 is 2.68 bits per heavy atom. The van der Waals surface area contributed by atoms with Crippen LogP contribution in [0, 0.1) is 12.8 Å². The predicted molar refractivity (Wildman–Crippen MR) is 79.9 cm³/mol. The van der Waals surface area contributed by atoms with Crippen molar-refractivity contribution < 1.29 is 4.79 Å². The lowest BCUT2D eigenvalue weighted by atomic mass is 10.0. The Balaban J connectivity index is 2.38. The Morgan fingerprint density at radius 1 is 1.37 bits per heavy atom. The molecule has 0 heterocycles. The predicted octanol–water partition coefficient (Wildman–Crippen LogP) is 2.42. The third kappa shape index (κ3) is 6.39. The zero-order valence-electron chi connectivity index (χ0n) is 12.3. The van der Waals surface area contributed by atoms with Crippen molar-refractivity contribution >= 4 is 5.91 Å². The molecule has 0 radical (unpaired) electrons. The van der Waals surface area contributed by atoms with Crippen molar-refractivity contribution in [3.05, 3.63) is 35.4 Å². The second kappa shape index (κ2) is 7.95. The lowest BCUT2D eigenvalue weighted by molar-refractivity contribution is -0.121. The van der Waals surface area contributed by atoms with Gasteiger partial charge in [0.05, 0.1) is 0 Å². The molecule has 19 heavy (non-hydrogen) atoms. The monoisotopic (exact) mass is 262 g/mol. The van der Waals surface area contributed by atoms with Crippen LogP contribution >= 0.6 is 0 Å². The van der Waals surface area contributed by atoms with E-state index in [1.807, 2.05) is 6.07 Å². The van der Waals surface area contributed by atoms with Gasteiger partial charge in [0.2, 0.25) is 5.91 Å². The summed E-state index contributed by atoms with van der Waals surface area (Å²) >= 11 is 0. The summed E-state index contributed by atoms with van der Waals surface area (Å²) in [5.41, 5.74) is 8.13. The topological polar surface area (TPSA) is 55.1 Å². The number of carbonyl (C=O) groups excluding carboxylic acids is 1. The molecule has 1 aromatic carbocycles. The maximum Gasteiger partial charge on any atom is 0.220 e. The van der Waals surface area contributed by atoms with Gasteiger partial charge in [-0.1, -0.05) is 43.7 Å². The van der Waals surface area contributed by atoms with Gasteiger partial charge in [-0.05, 0) is 31.2 Å². The highest BCUT2D eigenvalue weighted by Crippen LogP contribution is 2.07. The largest absolute Gasteiger partial charge is 0.352 e. The average molecular weight is 262 g/mol. The molecule has 0 aliphatic heterocycles. The summed E-state index contributed by atoms with van der Waals surface area (Å²) in [7, 11) is 0. The molecule has 0 saturated carbocycles. The fourth-order valence-corrected chi connectivity index (χ4v) is 2.21. The van der Waals surface area contributed by atoms with E-state index < -0.39 is 0 Å². The fraction of sp³-hybridized carbons (Fsp3) is 0.562. The standard InChI is InChI=1S/C16H26N2O/c1-12(2)9-15(11-17)18-16(19)8-7-14-6-4-5-13(3)10-14/h4-6,10,12,15H,7-9,11,17H2,1-3H3,(H,18,19). The van der Waals surface area contributed by atoms with E-state index in [4.69, 9.17) is 5.73 Å². The highest BCUT2D eigenvalue weighted by atomic mass is 16.1. The number of hydrogen-bond donors (Lipinski definition) is 2. The van der Waals surface area contributed by atoms with Crippen LogP contribution in [0.25, 0.3) is 0 Å². The van der Waals surface area contributed by atoms with Crippen LogP contribution in [0.2, 0.25) is 0 Å². The first-order chi connectivity index (χ1) is 9.01. The number of nitrogens with two attached hydrogens (primary N) is 1. The lowest BCUT2D eigenvalue weighted by Crippen LogP contribution is -2.41. The molecule has 0 aliphatic carbocycles. The van der Waals surface area contributed by atoms with Crippen molar-refractivity contribution in [2.24, 2.45) is 11.7 Å². The van der Waals surface area contributed by atoms with Crippen LogP contribution in [-0.4, -0.2) is 18.5 Å². The molecule has 3 nitrogen and oxygen atoms in total. The minimum atomic E-state index is 0.0950. The number of nitrogens with one attached hydrogen (secondary N) is 1. The summed E-state index contributed by atoms with van der Waals surface area (Å²) in [6, 6.07) is 8.39. The van der Waals surface area contributed by atoms with Gasteiger partial charge < -0.3 is 11.1 Å². The van der Waals surface area contributed by atoms with Gasteiger partial charge in [-0.3, -0.25) is 4.79 Å². The van der Waals surface area contributed by atoms with Crippen molar-refractivity contribution in [2.75, 3.05) is 6.54 Å². The Kier molecular flexibility index (Phi) is 6.57. The van der Waals surface area contributed by atoms with Crippen molar-refractivity contribution in [3.63, 3.8) is 0 Å². The summed E-state index contributed by atoms with van der Waals surface area (Å²) in [6.45, 7) is 6.86. The Bertz CT molecular complexity index is 401. The molecule has 106 valence electrons. The van der Waals surface area contributed by atoms with Crippen molar-refractivity contribution in [1.29, 1.82) is 0 Å². The zero-order chi connectivity index (χ0) is 14.3. The second-order valence-electron chi connectivity index (χ2n) is 5.62. The minimum Gasteiger partial charge on any atom is -0.352 e. The summed E-state index contributed by atoms with van der Waals surface area (Å²) < 4.78 is 0. The molecule has 0 spiro atoms. The van der Waals surface area contributed by atoms with Gasteiger partial charge in [0.15, 0.2) is 0 Å². The first-order valence-corrected chi connectivity index (χ1v) is 7.06. The van der Waals surface area contributed by atoms with Crippen LogP contribution in [0.15, 0.2) is 24.3 Å². The van der Waals surface area contributed by atoms with Gasteiger partial charge in [-0.15, -0.1) is 0 Å². The molecule has 3 N–H and O–H groups in total. The molecule has 3 heteroatoms. The normalized spacial score (nSPS) is 12.5. The molecule has 1 amide bonds. The molecule has 1 unspecified atom stereocenters. The third-order valence-corrected chi connectivity index (χ3v) is 3.13. The van der Waals surface area contributed by atoms with E-state index in [2.05, 4.69) is 44.3 Å². The average Bonchev–Trinajstić information content (AvgIpc) is 2.35. The third-order valence-electron chi connectivity index (χ3n) is 3.13. The first-order valence-electron chi connectivity index (χ1n) is 7.06. The van der Waals surface area contributed by atoms with Gasteiger partial charge in [0, 0.05) is 19.0 Å². The molecule has 1 aromatic rings. The Labute approximate surface area is 116 Å². The highest BCUT2D eigenvalue weighted by Gasteiger charge is 2.12. The van der Waals surface area contributed by atoms with Crippen LogP contribution in [0.4, 0.5) is 0 Å². The van der Waals surface area contributed by atoms with E-state index >= 15 is 0 Å². The highest BCUT2D eigenvalue weighted by molar-refractivity contribution is 5.76. The number of hydrogen-bond acceptors (Lipinski definition) is 2. The van der Waals surface area contributed by atoms with E-state index in [-0.39, 0.29) is 11.9 Å². The van der Waals surface area contributed by atoms with Crippen molar-refractivity contribution in [1.82, 2.24) is 5.32 Å². The molecule has 0 fully saturated rings. The molecular weight excluding hydrogens is 236 g/mol. The first kappa shape index (κ1) is 15.7. The number of rotatable bonds is 7. The van der Waals surface area contributed by atoms with E-state index in [1.165, 1.54) is 11.1 Å². The summed E-state index contributed by atoms with van der Waals surface area (Å²) in [4.78, 5) is 11.9. The van der Waals surface area contributed by atoms with Gasteiger partial charge >= 0.3 is 0 Å². The molecule has 1 rings (SSSR count). The van der Waals surface area contributed by atoms with Crippen molar-refractivity contribution in [2.45, 2.75) is 46.1 Å². The summed E-state index contributed by atoms with van der Waals surface area (Å²) in [5.74, 6) is 0.642. The number of benzene rings is 1. The SMILES string of the molecule is Cc1cccc(CCC(=O)NC(CN)CC(C)C)c1. The van der Waals surface area contributed by atoms with Crippen LogP contribution in [0.1, 0.15) is 37.8 Å². The number of amides is 1. The van der Waals surface area contributed by atoms with Gasteiger partial charge in [-0.25, -0.2) is 0 Å².